The molecule has 0 aromatic rings. The molecule has 0 aliphatic carbocycles. The van der Waals surface area contributed by atoms with E-state index in [-0.39, 0.29) is 17.6 Å². The molecule has 1 aliphatic rings. The van der Waals surface area contributed by atoms with Crippen molar-refractivity contribution in [1.29, 1.82) is 0 Å². The van der Waals surface area contributed by atoms with Gasteiger partial charge in [-0.2, -0.15) is 0 Å². The molecule has 1 aliphatic heterocycles. The van der Waals surface area contributed by atoms with Crippen LogP contribution in [0.2, 0.25) is 0 Å². The third-order valence-corrected chi connectivity index (χ3v) is 2.53. The van der Waals surface area contributed by atoms with Gasteiger partial charge in [0.2, 0.25) is 5.91 Å². The van der Waals surface area contributed by atoms with Gasteiger partial charge in [0.1, 0.15) is 5.82 Å². The molecular formula is C11H17N3O. The number of aliphatic imine (C=N–C) groups is 1. The van der Waals surface area contributed by atoms with E-state index in [1.54, 1.807) is 11.1 Å². The summed E-state index contributed by atoms with van der Waals surface area (Å²) in [4.78, 5) is 17.0. The highest BCUT2D eigenvalue weighted by atomic mass is 16.2. The highest BCUT2D eigenvalue weighted by Crippen LogP contribution is 2.22. The number of nitrogens with zero attached hydrogens (tertiary/aromatic N) is 2. The van der Waals surface area contributed by atoms with Gasteiger partial charge in [-0.25, -0.2) is 4.99 Å². The Kier molecular flexibility index (Phi) is 3.66. The average molecular weight is 207 g/mol. The van der Waals surface area contributed by atoms with Gasteiger partial charge in [0.05, 0.1) is 0 Å². The first-order chi connectivity index (χ1) is 7.04. The maximum absolute atomic E-state index is 11.4. The van der Waals surface area contributed by atoms with Crippen LogP contribution in [0, 0.1) is 5.92 Å². The van der Waals surface area contributed by atoms with Crippen LogP contribution in [0.5, 0.6) is 0 Å². The van der Waals surface area contributed by atoms with Crippen molar-refractivity contribution in [3.63, 3.8) is 0 Å². The molecule has 1 atom stereocenters. The highest BCUT2D eigenvalue weighted by Gasteiger charge is 2.28. The lowest BCUT2D eigenvalue weighted by Crippen LogP contribution is -2.19. The lowest BCUT2D eigenvalue weighted by Gasteiger charge is -2.10. The minimum atomic E-state index is 0.180. The van der Waals surface area contributed by atoms with Crippen LogP contribution in [0.25, 0.3) is 0 Å². The zero-order valence-electron chi connectivity index (χ0n) is 9.23. The highest BCUT2D eigenvalue weighted by molar-refractivity contribution is 5.85. The zero-order valence-corrected chi connectivity index (χ0v) is 9.23. The Hall–Kier alpha value is -1.58. The summed E-state index contributed by atoms with van der Waals surface area (Å²) in [6.45, 7) is 6.18. The van der Waals surface area contributed by atoms with E-state index in [0.29, 0.717) is 6.42 Å². The molecule has 0 aromatic carbocycles. The molecule has 1 amide bonds. The Labute approximate surface area is 90.2 Å². The van der Waals surface area contributed by atoms with Gasteiger partial charge < -0.3 is 10.6 Å². The summed E-state index contributed by atoms with van der Waals surface area (Å²) in [7, 11) is 1.81. The Morgan fingerprint density at radius 1 is 1.73 bits per heavy atom. The van der Waals surface area contributed by atoms with Crippen LogP contribution in [0.3, 0.4) is 0 Å². The van der Waals surface area contributed by atoms with E-state index in [2.05, 4.69) is 11.6 Å². The molecule has 4 nitrogen and oxygen atoms in total. The Bertz CT molecular complexity index is 331. The molecule has 0 spiro atoms. The first-order valence-electron chi connectivity index (χ1n) is 4.93. The average Bonchev–Trinajstić information content (AvgIpc) is 2.47. The first kappa shape index (κ1) is 11.5. The van der Waals surface area contributed by atoms with Crippen LogP contribution in [-0.2, 0) is 4.79 Å². The monoisotopic (exact) mass is 207 g/mol. The number of carbonyl (C=O) groups excluding carboxylic acids is 1. The summed E-state index contributed by atoms with van der Waals surface area (Å²) < 4.78 is 0. The van der Waals surface area contributed by atoms with Crippen molar-refractivity contribution in [2.24, 2.45) is 16.6 Å². The molecule has 0 bridgehead atoms. The van der Waals surface area contributed by atoms with Gasteiger partial charge in [-0.05, 0) is 12.5 Å². The van der Waals surface area contributed by atoms with Crippen LogP contribution >= 0.6 is 0 Å². The second-order valence-corrected chi connectivity index (χ2v) is 3.71. The Morgan fingerprint density at radius 2 is 2.40 bits per heavy atom. The maximum atomic E-state index is 11.4. The van der Waals surface area contributed by atoms with Gasteiger partial charge in [0.15, 0.2) is 0 Å². The van der Waals surface area contributed by atoms with Crippen molar-refractivity contribution < 1.29 is 4.79 Å². The second-order valence-electron chi connectivity index (χ2n) is 3.71. The van der Waals surface area contributed by atoms with Gasteiger partial charge in [-0.15, -0.1) is 0 Å². The van der Waals surface area contributed by atoms with E-state index in [0.717, 1.165) is 12.1 Å². The molecular weight excluding hydrogens is 190 g/mol. The largest absolute Gasteiger partial charge is 0.384 e. The van der Waals surface area contributed by atoms with Crippen LogP contribution in [-0.4, -0.2) is 30.6 Å². The lowest BCUT2D eigenvalue weighted by molar-refractivity contribution is -0.126. The molecule has 1 unspecified atom stereocenters. The molecule has 0 aromatic heterocycles. The predicted molar refractivity (Wildman–Crippen MR) is 61.3 cm³/mol. The second kappa shape index (κ2) is 4.77. The molecule has 1 rings (SSSR count). The summed E-state index contributed by atoms with van der Waals surface area (Å²) in [6, 6.07) is 0. The Morgan fingerprint density at radius 3 is 2.80 bits per heavy atom. The topological polar surface area (TPSA) is 58.7 Å². The van der Waals surface area contributed by atoms with Crippen LogP contribution in [0.15, 0.2) is 29.0 Å². The lowest BCUT2D eigenvalue weighted by atomic mass is 9.99. The fourth-order valence-corrected chi connectivity index (χ4v) is 1.66. The quantitative estimate of drug-likeness (QED) is 0.699. The number of likely N-dealkylation sites (tertiary alicyclic amines) is 1. The van der Waals surface area contributed by atoms with Crippen molar-refractivity contribution in [3.8, 4) is 0 Å². The van der Waals surface area contributed by atoms with E-state index in [4.69, 9.17) is 5.73 Å². The molecule has 2 N–H and O–H groups in total. The number of amides is 1. The number of nitrogens with two attached hydrogens (primary N) is 1. The summed E-state index contributed by atoms with van der Waals surface area (Å²) >= 11 is 0. The van der Waals surface area contributed by atoms with E-state index < -0.39 is 0 Å². The number of hydrogen-bond acceptors (Lipinski definition) is 3. The standard InChI is InChI=1S/C11H17N3O/c1-4-9(6-13-8(2)12)10-5-11(15)14(3)7-10/h4,6,10H,2,5,7,12H2,1,3H3/b9-4+,13-6-. The fraction of sp³-hybridized carbons (Fsp3) is 0.455. The molecule has 4 heteroatoms. The fourth-order valence-electron chi connectivity index (χ4n) is 1.66. The smallest absolute Gasteiger partial charge is 0.223 e. The summed E-state index contributed by atoms with van der Waals surface area (Å²) in [5.74, 6) is 0.696. The van der Waals surface area contributed by atoms with Gasteiger partial charge in [-0.1, -0.05) is 12.7 Å². The van der Waals surface area contributed by atoms with Crippen molar-refractivity contribution in [2.45, 2.75) is 13.3 Å². The minimum Gasteiger partial charge on any atom is -0.384 e. The van der Waals surface area contributed by atoms with Crippen LogP contribution in [0.1, 0.15) is 13.3 Å². The number of carbonyl (C=O) groups is 1. The normalized spacial score (nSPS) is 22.8. The van der Waals surface area contributed by atoms with Crippen molar-refractivity contribution in [1.82, 2.24) is 4.90 Å². The Balaban J connectivity index is 2.70. The summed E-state index contributed by atoms with van der Waals surface area (Å²) in [5.41, 5.74) is 6.39. The van der Waals surface area contributed by atoms with Gasteiger partial charge in [-0.3, -0.25) is 4.79 Å². The molecule has 0 radical (unpaired) electrons. The number of allylic oxidation sites excluding steroid dienone is 1. The predicted octanol–water partition coefficient (Wildman–Crippen LogP) is 0.912. The van der Waals surface area contributed by atoms with E-state index >= 15 is 0 Å². The molecule has 82 valence electrons. The molecule has 1 saturated heterocycles. The van der Waals surface area contributed by atoms with Crippen molar-refractivity contribution in [3.05, 3.63) is 24.0 Å². The maximum Gasteiger partial charge on any atom is 0.223 e. The minimum absolute atomic E-state index is 0.180. The van der Waals surface area contributed by atoms with Crippen LogP contribution in [0.4, 0.5) is 0 Å². The summed E-state index contributed by atoms with van der Waals surface area (Å²) in [6.07, 6.45) is 4.21. The van der Waals surface area contributed by atoms with Gasteiger partial charge in [0.25, 0.3) is 0 Å². The zero-order chi connectivity index (χ0) is 11.4. The number of rotatable bonds is 3. The number of hydrogen-bond donors (Lipinski definition) is 1. The van der Waals surface area contributed by atoms with Crippen molar-refractivity contribution in [2.75, 3.05) is 13.6 Å². The van der Waals surface area contributed by atoms with Crippen molar-refractivity contribution >= 4 is 12.1 Å². The third kappa shape index (κ3) is 2.94. The molecule has 1 fully saturated rings. The van der Waals surface area contributed by atoms with Gasteiger partial charge >= 0.3 is 0 Å². The SMILES string of the molecule is C=C(N)/N=C\C(=C/C)C1CC(=O)N(C)C1. The molecule has 0 saturated carbocycles. The summed E-state index contributed by atoms with van der Waals surface area (Å²) in [5, 5.41) is 0. The van der Waals surface area contributed by atoms with E-state index in [9.17, 15) is 4.79 Å². The molecule has 1 heterocycles. The van der Waals surface area contributed by atoms with Crippen LogP contribution < -0.4 is 5.73 Å². The van der Waals surface area contributed by atoms with E-state index in [1.807, 2.05) is 20.0 Å². The van der Waals surface area contributed by atoms with Gasteiger partial charge in [0, 0.05) is 32.1 Å². The van der Waals surface area contributed by atoms with E-state index in [1.165, 1.54) is 0 Å². The first-order valence-corrected chi connectivity index (χ1v) is 4.93. The third-order valence-electron chi connectivity index (χ3n) is 2.53. The molecule has 15 heavy (non-hydrogen) atoms.